The number of likely N-dealkylation sites (N-methyl/N-ethyl adjacent to an activating group) is 1. The van der Waals surface area contributed by atoms with Crippen LogP contribution in [0.5, 0.6) is 0 Å². The lowest BCUT2D eigenvalue weighted by molar-refractivity contribution is -0.137. The van der Waals surface area contributed by atoms with E-state index in [1.807, 2.05) is 25.7 Å². The second-order valence-corrected chi connectivity index (χ2v) is 5.53. The fourth-order valence-electron chi connectivity index (χ4n) is 2.49. The van der Waals surface area contributed by atoms with Crippen LogP contribution in [-0.2, 0) is 4.79 Å². The van der Waals surface area contributed by atoms with Gasteiger partial charge in [-0.05, 0) is 47.6 Å². The number of hydrogen-bond acceptors (Lipinski definition) is 3. The van der Waals surface area contributed by atoms with E-state index in [0.717, 1.165) is 12.8 Å². The predicted molar refractivity (Wildman–Crippen MR) is 67.2 cm³/mol. The predicted octanol–water partition coefficient (Wildman–Crippen LogP) is 1.52. The van der Waals surface area contributed by atoms with Crippen LogP contribution in [-0.4, -0.2) is 36.0 Å². The summed E-state index contributed by atoms with van der Waals surface area (Å²) in [7, 11) is 1.79. The third-order valence-corrected chi connectivity index (χ3v) is 3.85. The van der Waals surface area contributed by atoms with E-state index in [1.54, 1.807) is 7.05 Å². The van der Waals surface area contributed by atoms with Crippen molar-refractivity contribution >= 4 is 5.91 Å². The van der Waals surface area contributed by atoms with Gasteiger partial charge in [-0.15, -0.1) is 0 Å². The molecule has 0 bridgehead atoms. The molecule has 0 aromatic rings. The first-order valence-electron chi connectivity index (χ1n) is 6.25. The van der Waals surface area contributed by atoms with Crippen LogP contribution in [0.4, 0.5) is 0 Å². The molecule has 0 spiro atoms. The highest BCUT2D eigenvalue weighted by Crippen LogP contribution is 2.36. The Labute approximate surface area is 104 Å². The third-order valence-electron chi connectivity index (χ3n) is 3.85. The first-order chi connectivity index (χ1) is 7.85. The van der Waals surface area contributed by atoms with Gasteiger partial charge in [0.1, 0.15) is 0 Å². The summed E-state index contributed by atoms with van der Waals surface area (Å²) in [5.41, 5.74) is -0.478. The number of nitriles is 1. The molecule has 0 aromatic heterocycles. The highest BCUT2D eigenvalue weighted by Gasteiger charge is 2.44. The molecular formula is C13H23N3O. The first kappa shape index (κ1) is 14.0. The van der Waals surface area contributed by atoms with Crippen LogP contribution in [0, 0.1) is 16.7 Å². The second kappa shape index (κ2) is 5.05. The van der Waals surface area contributed by atoms with Crippen molar-refractivity contribution in [3.05, 3.63) is 0 Å². The average Bonchev–Trinajstić information content (AvgIpc) is 2.69. The van der Waals surface area contributed by atoms with E-state index in [4.69, 9.17) is 0 Å². The van der Waals surface area contributed by atoms with E-state index in [9.17, 15) is 10.1 Å². The van der Waals surface area contributed by atoms with E-state index < -0.39 is 5.41 Å². The number of carbonyl (C=O) groups excluding carboxylic acids is 1. The fourth-order valence-corrected chi connectivity index (χ4v) is 2.49. The molecule has 1 saturated heterocycles. The summed E-state index contributed by atoms with van der Waals surface area (Å²) in [6.07, 6.45) is 1.90. The molecule has 1 fully saturated rings. The Morgan fingerprint density at radius 3 is 2.59 bits per heavy atom. The molecule has 1 aliphatic rings. The van der Waals surface area contributed by atoms with E-state index in [0.29, 0.717) is 0 Å². The molecular weight excluding hydrogens is 214 g/mol. The molecule has 4 nitrogen and oxygen atoms in total. The van der Waals surface area contributed by atoms with Crippen molar-refractivity contribution in [1.29, 1.82) is 5.26 Å². The highest BCUT2D eigenvalue weighted by atomic mass is 16.2. The standard InChI is InChI=1S/C13H23N3O/c1-9-6-7-11(13(3,4)8-14)16(9)12(17)10(2)15-5/h9-11,15H,6-7H2,1-5H3/t9?,10-,11?/m1/s1. The number of nitrogens with one attached hydrogen (secondary N) is 1. The third kappa shape index (κ3) is 2.61. The molecule has 3 atom stereocenters. The van der Waals surface area contributed by atoms with Gasteiger partial charge in [-0.2, -0.15) is 5.26 Å². The lowest BCUT2D eigenvalue weighted by Crippen LogP contribution is -2.52. The minimum absolute atomic E-state index is 0.0331. The summed E-state index contributed by atoms with van der Waals surface area (Å²) in [5.74, 6) is 0.103. The van der Waals surface area contributed by atoms with Crippen molar-refractivity contribution < 1.29 is 4.79 Å². The van der Waals surface area contributed by atoms with Gasteiger partial charge in [0.15, 0.2) is 0 Å². The maximum absolute atomic E-state index is 12.3. The van der Waals surface area contributed by atoms with Crippen LogP contribution in [0.3, 0.4) is 0 Å². The summed E-state index contributed by atoms with van der Waals surface area (Å²) in [6.45, 7) is 7.76. The molecule has 1 aliphatic heterocycles. The summed E-state index contributed by atoms with van der Waals surface area (Å²) in [5, 5.41) is 12.2. The largest absolute Gasteiger partial charge is 0.334 e. The van der Waals surface area contributed by atoms with E-state index in [1.165, 1.54) is 0 Å². The quantitative estimate of drug-likeness (QED) is 0.809. The van der Waals surface area contributed by atoms with Crippen molar-refractivity contribution in [2.24, 2.45) is 5.41 Å². The number of nitrogens with zero attached hydrogens (tertiary/aromatic N) is 2. The topological polar surface area (TPSA) is 56.1 Å². The van der Waals surface area contributed by atoms with Crippen LogP contribution < -0.4 is 5.32 Å². The fraction of sp³-hybridized carbons (Fsp3) is 0.846. The lowest BCUT2D eigenvalue weighted by atomic mass is 9.84. The zero-order valence-corrected chi connectivity index (χ0v) is 11.4. The SMILES string of the molecule is CN[C@H](C)C(=O)N1C(C)CCC1C(C)(C)C#N. The van der Waals surface area contributed by atoms with Crippen LogP contribution in [0.25, 0.3) is 0 Å². The minimum Gasteiger partial charge on any atom is -0.334 e. The zero-order valence-electron chi connectivity index (χ0n) is 11.4. The summed E-state index contributed by atoms with van der Waals surface area (Å²) in [4.78, 5) is 14.2. The summed E-state index contributed by atoms with van der Waals surface area (Å²) >= 11 is 0. The Morgan fingerprint density at radius 1 is 1.53 bits per heavy atom. The van der Waals surface area contributed by atoms with Crippen LogP contribution in [0.1, 0.15) is 40.5 Å². The Hall–Kier alpha value is -1.08. The Balaban J connectivity index is 2.94. The smallest absolute Gasteiger partial charge is 0.239 e. The average molecular weight is 237 g/mol. The molecule has 1 rings (SSSR count). The van der Waals surface area contributed by atoms with Gasteiger partial charge in [-0.3, -0.25) is 4.79 Å². The van der Waals surface area contributed by atoms with Gasteiger partial charge in [0.2, 0.25) is 5.91 Å². The molecule has 0 radical (unpaired) electrons. The van der Waals surface area contributed by atoms with Gasteiger partial charge in [0.25, 0.3) is 0 Å². The number of hydrogen-bond donors (Lipinski definition) is 1. The number of likely N-dealkylation sites (tertiary alicyclic amines) is 1. The van der Waals surface area contributed by atoms with Crippen molar-refractivity contribution in [2.45, 2.75) is 58.7 Å². The van der Waals surface area contributed by atoms with Crippen molar-refractivity contribution in [1.82, 2.24) is 10.2 Å². The summed E-state index contributed by atoms with van der Waals surface area (Å²) < 4.78 is 0. The highest BCUT2D eigenvalue weighted by molar-refractivity contribution is 5.82. The van der Waals surface area contributed by atoms with Gasteiger partial charge in [-0.1, -0.05) is 0 Å². The molecule has 0 aromatic carbocycles. The second-order valence-electron chi connectivity index (χ2n) is 5.53. The molecule has 0 saturated carbocycles. The molecule has 1 amide bonds. The van der Waals surface area contributed by atoms with Gasteiger partial charge in [0, 0.05) is 6.04 Å². The number of amides is 1. The first-order valence-corrected chi connectivity index (χ1v) is 6.25. The van der Waals surface area contributed by atoms with Gasteiger partial charge in [0.05, 0.1) is 23.6 Å². The van der Waals surface area contributed by atoms with Crippen LogP contribution in [0.15, 0.2) is 0 Å². The molecule has 17 heavy (non-hydrogen) atoms. The maximum atomic E-state index is 12.3. The molecule has 0 aliphatic carbocycles. The monoisotopic (exact) mass is 237 g/mol. The van der Waals surface area contributed by atoms with Crippen LogP contribution >= 0.6 is 0 Å². The van der Waals surface area contributed by atoms with Crippen molar-refractivity contribution in [3.8, 4) is 6.07 Å². The van der Waals surface area contributed by atoms with Crippen molar-refractivity contribution in [2.75, 3.05) is 7.05 Å². The maximum Gasteiger partial charge on any atom is 0.239 e. The Morgan fingerprint density at radius 2 is 2.12 bits per heavy atom. The van der Waals surface area contributed by atoms with E-state index in [-0.39, 0.29) is 24.0 Å². The molecule has 96 valence electrons. The molecule has 1 N–H and O–H groups in total. The zero-order chi connectivity index (χ0) is 13.2. The van der Waals surface area contributed by atoms with Gasteiger partial charge in [-0.25, -0.2) is 0 Å². The number of carbonyl (C=O) groups is 1. The Kier molecular flexibility index (Phi) is 4.16. The Bertz CT molecular complexity index is 332. The number of rotatable bonds is 3. The van der Waals surface area contributed by atoms with Gasteiger partial charge >= 0.3 is 0 Å². The lowest BCUT2D eigenvalue weighted by Gasteiger charge is -2.36. The molecule has 4 heteroatoms. The minimum atomic E-state index is -0.478. The van der Waals surface area contributed by atoms with Crippen molar-refractivity contribution in [3.63, 3.8) is 0 Å². The summed E-state index contributed by atoms with van der Waals surface area (Å²) in [6, 6.07) is 2.41. The molecule has 2 unspecified atom stereocenters. The van der Waals surface area contributed by atoms with Gasteiger partial charge < -0.3 is 10.2 Å². The normalized spacial score (nSPS) is 26.7. The van der Waals surface area contributed by atoms with E-state index in [2.05, 4.69) is 18.3 Å². The molecule has 1 heterocycles. The van der Waals surface area contributed by atoms with Crippen LogP contribution in [0.2, 0.25) is 0 Å². The van der Waals surface area contributed by atoms with E-state index >= 15 is 0 Å².